The fourth-order valence-electron chi connectivity index (χ4n) is 1.90. The van der Waals surface area contributed by atoms with Gasteiger partial charge in [-0.25, -0.2) is 9.97 Å². The van der Waals surface area contributed by atoms with E-state index < -0.39 is 4.92 Å². The van der Waals surface area contributed by atoms with Crippen LogP contribution < -0.4 is 5.32 Å². The van der Waals surface area contributed by atoms with Crippen LogP contribution in [0, 0.1) is 24.0 Å². The van der Waals surface area contributed by atoms with Crippen molar-refractivity contribution in [3.8, 4) is 0 Å². The third kappa shape index (κ3) is 3.05. The van der Waals surface area contributed by atoms with Gasteiger partial charge in [0.25, 0.3) is 0 Å². The van der Waals surface area contributed by atoms with Crippen LogP contribution in [0.4, 0.5) is 11.5 Å². The lowest BCUT2D eigenvalue weighted by atomic mass is 10.2. The molecule has 0 spiro atoms. The zero-order valence-corrected chi connectivity index (χ0v) is 12.7. The average Bonchev–Trinajstić information content (AvgIpc) is 2.70. The highest BCUT2D eigenvalue weighted by molar-refractivity contribution is 7.11. The molecule has 2 aromatic heterocycles. The second-order valence-electron chi connectivity index (χ2n) is 4.33. The minimum absolute atomic E-state index is 0.117. The molecule has 0 aromatic carbocycles. The number of rotatable bonds is 4. The van der Waals surface area contributed by atoms with Crippen molar-refractivity contribution in [3.63, 3.8) is 0 Å². The average molecular weight is 313 g/mol. The quantitative estimate of drug-likeness (QED) is 0.684. The highest BCUT2D eigenvalue weighted by atomic mass is 35.5. The molecule has 8 heteroatoms. The van der Waals surface area contributed by atoms with E-state index in [2.05, 4.69) is 15.3 Å². The molecule has 2 aromatic rings. The first-order chi connectivity index (χ1) is 9.38. The van der Waals surface area contributed by atoms with E-state index in [4.69, 9.17) is 11.6 Å². The Kier molecular flexibility index (Phi) is 4.20. The number of hydrogen-bond acceptors (Lipinski definition) is 6. The summed E-state index contributed by atoms with van der Waals surface area (Å²) in [6.07, 6.45) is 1.38. The Hall–Kier alpha value is -1.73. The van der Waals surface area contributed by atoms with Crippen molar-refractivity contribution in [2.45, 2.75) is 26.8 Å². The summed E-state index contributed by atoms with van der Waals surface area (Å²) in [6.45, 7) is 5.76. The predicted octanol–water partition coefficient (Wildman–Crippen LogP) is 3.89. The van der Waals surface area contributed by atoms with Crippen LogP contribution >= 0.6 is 22.9 Å². The summed E-state index contributed by atoms with van der Waals surface area (Å²) in [4.78, 5) is 19.9. The monoisotopic (exact) mass is 312 g/mol. The first-order valence-corrected chi connectivity index (χ1v) is 7.08. The number of thiazole rings is 1. The normalized spacial score (nSPS) is 12.2. The molecule has 20 heavy (non-hydrogen) atoms. The SMILES string of the molecule is Cc1nc(C)c(C(C)Nc2ncc(Cl)cc2[N+](=O)[O-])s1. The van der Waals surface area contributed by atoms with Crippen molar-refractivity contribution in [1.29, 1.82) is 0 Å². The third-order valence-electron chi connectivity index (χ3n) is 2.72. The van der Waals surface area contributed by atoms with Gasteiger partial charge in [0.1, 0.15) is 0 Å². The number of nitrogens with one attached hydrogen (secondary N) is 1. The molecule has 1 N–H and O–H groups in total. The van der Waals surface area contributed by atoms with Crippen molar-refractivity contribution in [2.75, 3.05) is 5.32 Å². The molecular weight excluding hydrogens is 300 g/mol. The van der Waals surface area contributed by atoms with Crippen LogP contribution in [0.1, 0.15) is 28.5 Å². The lowest BCUT2D eigenvalue weighted by Crippen LogP contribution is -2.09. The van der Waals surface area contributed by atoms with E-state index in [1.807, 2.05) is 20.8 Å². The molecule has 0 bridgehead atoms. The third-order valence-corrected chi connectivity index (χ3v) is 4.18. The molecule has 0 fully saturated rings. The summed E-state index contributed by atoms with van der Waals surface area (Å²) in [5.74, 6) is 0.206. The Bertz CT molecular complexity index is 659. The van der Waals surface area contributed by atoms with Gasteiger partial charge in [-0.1, -0.05) is 11.6 Å². The van der Waals surface area contributed by atoms with Crippen LogP contribution in [-0.2, 0) is 0 Å². The van der Waals surface area contributed by atoms with Gasteiger partial charge >= 0.3 is 5.69 Å². The van der Waals surface area contributed by atoms with E-state index in [-0.39, 0.29) is 22.6 Å². The van der Waals surface area contributed by atoms with Gasteiger partial charge in [0.15, 0.2) is 0 Å². The number of anilines is 1. The zero-order chi connectivity index (χ0) is 14.9. The Balaban J connectivity index is 2.30. The van der Waals surface area contributed by atoms with Crippen LogP contribution in [0.5, 0.6) is 0 Å². The maximum atomic E-state index is 11.0. The number of halogens is 1. The molecular formula is C12H13ClN4O2S. The topological polar surface area (TPSA) is 81.0 Å². The van der Waals surface area contributed by atoms with Gasteiger partial charge in [0.2, 0.25) is 5.82 Å². The number of aromatic nitrogens is 2. The highest BCUT2D eigenvalue weighted by Crippen LogP contribution is 2.31. The lowest BCUT2D eigenvalue weighted by molar-refractivity contribution is -0.384. The molecule has 0 amide bonds. The van der Waals surface area contributed by atoms with Crippen molar-refractivity contribution in [2.24, 2.45) is 0 Å². The number of nitrogens with zero attached hydrogens (tertiary/aromatic N) is 3. The van der Waals surface area contributed by atoms with E-state index in [1.165, 1.54) is 12.3 Å². The molecule has 0 saturated carbocycles. The van der Waals surface area contributed by atoms with Crippen molar-refractivity contribution < 1.29 is 4.92 Å². The number of nitro groups is 1. The van der Waals surface area contributed by atoms with Gasteiger partial charge < -0.3 is 5.32 Å². The molecule has 2 heterocycles. The predicted molar refractivity (Wildman–Crippen MR) is 79.5 cm³/mol. The molecule has 2 rings (SSSR count). The highest BCUT2D eigenvalue weighted by Gasteiger charge is 2.20. The largest absolute Gasteiger partial charge is 0.357 e. The summed E-state index contributed by atoms with van der Waals surface area (Å²) in [5.41, 5.74) is 0.785. The first kappa shape index (κ1) is 14.7. The van der Waals surface area contributed by atoms with E-state index in [9.17, 15) is 10.1 Å². The minimum Gasteiger partial charge on any atom is -0.357 e. The van der Waals surface area contributed by atoms with Crippen LogP contribution in [0.2, 0.25) is 5.02 Å². The van der Waals surface area contributed by atoms with E-state index in [0.29, 0.717) is 0 Å². The van der Waals surface area contributed by atoms with Gasteiger partial charge in [-0.3, -0.25) is 10.1 Å². The molecule has 106 valence electrons. The summed E-state index contributed by atoms with van der Waals surface area (Å²) < 4.78 is 0. The van der Waals surface area contributed by atoms with Crippen LogP contribution in [-0.4, -0.2) is 14.9 Å². The molecule has 1 atom stereocenters. The smallest absolute Gasteiger partial charge is 0.312 e. The van der Waals surface area contributed by atoms with Crippen LogP contribution in [0.15, 0.2) is 12.3 Å². The Morgan fingerprint density at radius 3 is 2.75 bits per heavy atom. The minimum atomic E-state index is -0.501. The van der Waals surface area contributed by atoms with Gasteiger partial charge in [0.05, 0.1) is 26.7 Å². The summed E-state index contributed by atoms with van der Waals surface area (Å²) >= 11 is 7.30. The molecule has 0 aliphatic rings. The molecule has 0 aliphatic heterocycles. The van der Waals surface area contributed by atoms with Gasteiger partial charge in [0, 0.05) is 17.1 Å². The second-order valence-corrected chi connectivity index (χ2v) is 6.00. The van der Waals surface area contributed by atoms with E-state index >= 15 is 0 Å². The standard InChI is InChI=1S/C12H13ClN4O2S/c1-6-11(20-8(3)15-6)7(2)16-12-10(17(18)19)4-9(13)5-14-12/h4-5,7H,1-3H3,(H,14,16). The molecule has 0 radical (unpaired) electrons. The summed E-state index contributed by atoms with van der Waals surface area (Å²) in [7, 11) is 0. The lowest BCUT2D eigenvalue weighted by Gasteiger charge is -2.13. The maximum absolute atomic E-state index is 11.0. The maximum Gasteiger partial charge on any atom is 0.312 e. The molecule has 6 nitrogen and oxygen atoms in total. The Labute approximate surface area is 125 Å². The molecule has 1 unspecified atom stereocenters. The fraction of sp³-hybridized carbons (Fsp3) is 0.333. The summed E-state index contributed by atoms with van der Waals surface area (Å²) in [5, 5.41) is 15.3. The van der Waals surface area contributed by atoms with Gasteiger partial charge in [-0.05, 0) is 20.8 Å². The Morgan fingerprint density at radius 2 is 2.20 bits per heavy atom. The van der Waals surface area contributed by atoms with Crippen molar-refractivity contribution >= 4 is 34.4 Å². The van der Waals surface area contributed by atoms with Crippen molar-refractivity contribution in [1.82, 2.24) is 9.97 Å². The van der Waals surface area contributed by atoms with Gasteiger partial charge in [-0.2, -0.15) is 0 Å². The fourth-order valence-corrected chi connectivity index (χ4v) is 2.98. The Morgan fingerprint density at radius 1 is 1.50 bits per heavy atom. The zero-order valence-electron chi connectivity index (χ0n) is 11.2. The first-order valence-electron chi connectivity index (χ1n) is 5.89. The van der Waals surface area contributed by atoms with Crippen LogP contribution in [0.3, 0.4) is 0 Å². The van der Waals surface area contributed by atoms with Crippen molar-refractivity contribution in [3.05, 3.63) is 43.0 Å². The second kappa shape index (κ2) is 5.72. The van der Waals surface area contributed by atoms with Crippen LogP contribution in [0.25, 0.3) is 0 Å². The molecule has 0 saturated heterocycles. The number of hydrogen-bond donors (Lipinski definition) is 1. The number of aryl methyl sites for hydroxylation is 2. The van der Waals surface area contributed by atoms with E-state index in [0.717, 1.165) is 15.6 Å². The molecule has 0 aliphatic carbocycles. The van der Waals surface area contributed by atoms with E-state index in [1.54, 1.807) is 11.3 Å². The number of pyridine rings is 1. The van der Waals surface area contributed by atoms with Gasteiger partial charge in [-0.15, -0.1) is 11.3 Å². The summed E-state index contributed by atoms with van der Waals surface area (Å²) in [6, 6.07) is 1.17.